The number of pyridine rings is 2. The molecule has 0 aliphatic heterocycles. The number of halogens is 2. The second-order valence-electron chi connectivity index (χ2n) is 8.74. The number of hydrogen-bond donors (Lipinski definition) is 2. The van der Waals surface area contributed by atoms with Gasteiger partial charge < -0.3 is 15.8 Å². The number of nitrogens with zero attached hydrogens (tertiary/aromatic N) is 2. The fourth-order valence-corrected chi connectivity index (χ4v) is 4.19. The molecule has 3 aromatic carbocycles. The molecule has 2 aromatic heterocycles. The minimum atomic E-state index is -0.750. The Hall–Kier alpha value is -4.69. The Morgan fingerprint density at radius 2 is 1.79 bits per heavy atom. The Balaban J connectivity index is 1.49. The second-order valence-corrected chi connectivity index (χ2v) is 9.11. The zero-order valence-electron chi connectivity index (χ0n) is 20.5. The summed E-state index contributed by atoms with van der Waals surface area (Å²) >= 11 is 6.07. The molecule has 0 radical (unpaired) electrons. The first-order valence-electron chi connectivity index (χ1n) is 11.6. The molecule has 38 heavy (non-hydrogen) atoms. The lowest BCUT2D eigenvalue weighted by atomic mass is 10.1. The molecule has 0 spiro atoms. The van der Waals surface area contributed by atoms with E-state index < -0.39 is 17.3 Å². The van der Waals surface area contributed by atoms with Gasteiger partial charge in [-0.25, -0.2) is 9.37 Å². The van der Waals surface area contributed by atoms with Gasteiger partial charge >= 0.3 is 0 Å². The van der Waals surface area contributed by atoms with Crippen LogP contribution in [-0.2, 0) is 0 Å². The zero-order valence-corrected chi connectivity index (χ0v) is 21.2. The van der Waals surface area contributed by atoms with Crippen molar-refractivity contribution in [1.82, 2.24) is 9.55 Å². The van der Waals surface area contributed by atoms with Gasteiger partial charge in [0.15, 0.2) is 17.3 Å². The number of benzene rings is 3. The third kappa shape index (κ3) is 4.69. The number of nitrogens with two attached hydrogens (primary N) is 1. The predicted molar refractivity (Wildman–Crippen MR) is 147 cm³/mol. The van der Waals surface area contributed by atoms with Crippen LogP contribution < -0.4 is 21.3 Å². The molecule has 0 fully saturated rings. The number of carbonyl (C=O) groups is 1. The van der Waals surface area contributed by atoms with E-state index in [2.05, 4.69) is 10.3 Å². The van der Waals surface area contributed by atoms with E-state index in [1.54, 1.807) is 0 Å². The number of aryl methyl sites for hydroxylation is 2. The smallest absolute Gasteiger partial charge is 0.268 e. The van der Waals surface area contributed by atoms with Crippen molar-refractivity contribution in [3.8, 4) is 17.2 Å². The highest BCUT2D eigenvalue weighted by Crippen LogP contribution is 2.34. The van der Waals surface area contributed by atoms with E-state index in [1.165, 1.54) is 35.0 Å². The first-order chi connectivity index (χ1) is 18.2. The standard InChI is InChI=1S/C29H22ClFN4O3/c1-16-7-9-20(13-17(16)2)35-23-6-4-3-5-18(23)14-21(29(35)37)28(36)34-19-8-10-24(22(31)15-19)38-25-11-12-33-27(32)26(25)30/h3-15H,1-2H3,(H2,32,33)(H,34,36). The molecule has 0 atom stereocenters. The number of para-hydroxylation sites is 1. The van der Waals surface area contributed by atoms with E-state index in [-0.39, 0.29) is 33.6 Å². The van der Waals surface area contributed by atoms with E-state index in [1.807, 2.05) is 56.3 Å². The van der Waals surface area contributed by atoms with Gasteiger partial charge in [0.1, 0.15) is 16.4 Å². The van der Waals surface area contributed by atoms with Crippen LogP contribution in [0.15, 0.2) is 83.8 Å². The first kappa shape index (κ1) is 25.0. The van der Waals surface area contributed by atoms with Crippen LogP contribution in [0.3, 0.4) is 0 Å². The van der Waals surface area contributed by atoms with Crippen LogP contribution in [0.5, 0.6) is 11.5 Å². The molecule has 3 N–H and O–H groups in total. The van der Waals surface area contributed by atoms with E-state index in [4.69, 9.17) is 22.1 Å². The van der Waals surface area contributed by atoms with Gasteiger partial charge in [0.25, 0.3) is 11.5 Å². The molecule has 9 heteroatoms. The van der Waals surface area contributed by atoms with Gasteiger partial charge in [-0.3, -0.25) is 14.2 Å². The molecule has 7 nitrogen and oxygen atoms in total. The molecule has 0 saturated carbocycles. The summed E-state index contributed by atoms with van der Waals surface area (Å²) < 4.78 is 21.9. The van der Waals surface area contributed by atoms with Crippen LogP contribution in [0.25, 0.3) is 16.6 Å². The number of rotatable bonds is 5. The van der Waals surface area contributed by atoms with Crippen LogP contribution >= 0.6 is 11.6 Å². The molecule has 5 rings (SSSR count). The fourth-order valence-electron chi connectivity index (χ4n) is 4.04. The quantitative estimate of drug-likeness (QED) is 0.274. The Bertz CT molecular complexity index is 1780. The molecule has 0 unspecified atom stereocenters. The average molecular weight is 529 g/mol. The minimum absolute atomic E-state index is 0.0512. The van der Waals surface area contributed by atoms with Gasteiger partial charge in [-0.1, -0.05) is 35.9 Å². The van der Waals surface area contributed by atoms with Gasteiger partial charge in [0, 0.05) is 29.7 Å². The number of nitrogens with one attached hydrogen (secondary N) is 1. The zero-order chi connectivity index (χ0) is 27.0. The van der Waals surface area contributed by atoms with E-state index in [0.29, 0.717) is 16.6 Å². The van der Waals surface area contributed by atoms with Crippen molar-refractivity contribution in [2.24, 2.45) is 0 Å². The predicted octanol–water partition coefficient (Wildman–Crippen LogP) is 6.42. The monoisotopic (exact) mass is 528 g/mol. The number of aromatic nitrogens is 2. The summed E-state index contributed by atoms with van der Waals surface area (Å²) in [5, 5.41) is 3.37. The normalized spacial score (nSPS) is 10.9. The molecule has 5 aromatic rings. The summed E-state index contributed by atoms with van der Waals surface area (Å²) in [7, 11) is 0. The molecule has 0 bridgehead atoms. The number of hydrogen-bond acceptors (Lipinski definition) is 5. The van der Waals surface area contributed by atoms with Crippen LogP contribution in [0.1, 0.15) is 21.5 Å². The van der Waals surface area contributed by atoms with Gasteiger partial charge in [-0.2, -0.15) is 0 Å². The van der Waals surface area contributed by atoms with Gasteiger partial charge in [0.2, 0.25) is 0 Å². The van der Waals surface area contributed by atoms with Crippen LogP contribution in [0.4, 0.5) is 15.9 Å². The summed E-state index contributed by atoms with van der Waals surface area (Å²) in [5.41, 5.74) is 8.65. The Morgan fingerprint density at radius 3 is 2.55 bits per heavy atom. The Kier molecular flexibility index (Phi) is 6.57. The number of anilines is 2. The summed E-state index contributed by atoms with van der Waals surface area (Å²) in [5.74, 6) is -1.36. The number of amides is 1. The van der Waals surface area contributed by atoms with Crippen molar-refractivity contribution < 1.29 is 13.9 Å². The molecule has 1 amide bonds. The van der Waals surface area contributed by atoms with Crippen LogP contribution in [0, 0.1) is 19.7 Å². The van der Waals surface area contributed by atoms with Crippen molar-refractivity contribution in [2.75, 3.05) is 11.1 Å². The molecular formula is C29H22ClFN4O3. The molecular weight excluding hydrogens is 507 g/mol. The Labute approximate surface area is 222 Å². The Morgan fingerprint density at radius 1 is 1.00 bits per heavy atom. The molecule has 2 heterocycles. The van der Waals surface area contributed by atoms with Gasteiger partial charge in [-0.05, 0) is 66.8 Å². The molecule has 0 aliphatic carbocycles. The summed E-state index contributed by atoms with van der Waals surface area (Å²) in [6.07, 6.45) is 1.39. The fraction of sp³-hybridized carbons (Fsp3) is 0.0690. The summed E-state index contributed by atoms with van der Waals surface area (Å²) in [6.45, 7) is 3.95. The van der Waals surface area contributed by atoms with E-state index >= 15 is 0 Å². The summed E-state index contributed by atoms with van der Waals surface area (Å²) in [6, 6.07) is 19.9. The number of ether oxygens (including phenoxy) is 1. The maximum absolute atomic E-state index is 14.8. The average Bonchev–Trinajstić information content (AvgIpc) is 2.89. The van der Waals surface area contributed by atoms with Crippen molar-refractivity contribution in [3.05, 3.63) is 117 Å². The lowest BCUT2D eigenvalue weighted by molar-refractivity contribution is 0.102. The van der Waals surface area contributed by atoms with Crippen LogP contribution in [0.2, 0.25) is 5.02 Å². The van der Waals surface area contributed by atoms with E-state index in [0.717, 1.165) is 17.2 Å². The second kappa shape index (κ2) is 9.99. The SMILES string of the molecule is Cc1ccc(-n2c(=O)c(C(=O)Nc3ccc(Oc4ccnc(N)c4Cl)c(F)c3)cc3ccccc32)cc1C. The molecule has 0 saturated heterocycles. The van der Waals surface area contributed by atoms with Crippen molar-refractivity contribution in [2.45, 2.75) is 13.8 Å². The number of carbonyl (C=O) groups excluding carboxylic acids is 1. The maximum atomic E-state index is 14.8. The molecule has 0 aliphatic rings. The minimum Gasteiger partial charge on any atom is -0.453 e. The maximum Gasteiger partial charge on any atom is 0.268 e. The largest absolute Gasteiger partial charge is 0.453 e. The third-order valence-electron chi connectivity index (χ3n) is 6.19. The number of nitrogen functional groups attached to an aromatic ring is 1. The number of fused-ring (bicyclic) bond motifs is 1. The van der Waals surface area contributed by atoms with E-state index in [9.17, 15) is 14.0 Å². The van der Waals surface area contributed by atoms with Crippen LogP contribution in [-0.4, -0.2) is 15.5 Å². The third-order valence-corrected chi connectivity index (χ3v) is 6.57. The van der Waals surface area contributed by atoms with Gasteiger partial charge in [0.05, 0.1) is 5.52 Å². The first-order valence-corrected chi connectivity index (χ1v) is 12.0. The lowest BCUT2D eigenvalue weighted by Gasteiger charge is -2.15. The van der Waals surface area contributed by atoms with Crippen molar-refractivity contribution >= 4 is 39.9 Å². The summed E-state index contributed by atoms with van der Waals surface area (Å²) in [4.78, 5) is 30.6. The lowest BCUT2D eigenvalue weighted by Crippen LogP contribution is -2.28. The topological polar surface area (TPSA) is 99.2 Å². The van der Waals surface area contributed by atoms with Crippen molar-refractivity contribution in [1.29, 1.82) is 0 Å². The van der Waals surface area contributed by atoms with Gasteiger partial charge in [-0.15, -0.1) is 0 Å². The van der Waals surface area contributed by atoms with Crippen molar-refractivity contribution in [3.63, 3.8) is 0 Å². The highest BCUT2D eigenvalue weighted by Gasteiger charge is 2.18. The highest BCUT2D eigenvalue weighted by atomic mass is 35.5. The molecule has 190 valence electrons. The highest BCUT2D eigenvalue weighted by molar-refractivity contribution is 6.34.